The first kappa shape index (κ1) is 13.2. The van der Waals surface area contributed by atoms with E-state index in [1.54, 1.807) is 17.0 Å². The quantitative estimate of drug-likeness (QED) is 0.859. The fraction of sp³-hybridized carbons (Fsp3) is 0.188. The van der Waals surface area contributed by atoms with Crippen molar-refractivity contribution >= 4 is 17.7 Å². The summed E-state index contributed by atoms with van der Waals surface area (Å²) in [5.74, 6) is 0.219. The predicted octanol–water partition coefficient (Wildman–Crippen LogP) is 3.60. The summed E-state index contributed by atoms with van der Waals surface area (Å²) < 4.78 is 13.9. The molecule has 1 aliphatic rings. The lowest BCUT2D eigenvalue weighted by atomic mass is 10.1. The van der Waals surface area contributed by atoms with Gasteiger partial charge >= 0.3 is 0 Å². The first-order valence-electron chi connectivity index (χ1n) is 6.45. The van der Waals surface area contributed by atoms with Crippen LogP contribution in [0, 0.1) is 5.82 Å². The number of carbonyl (C=O) groups is 1. The topological polar surface area (TPSA) is 20.3 Å². The highest BCUT2D eigenvalue weighted by Gasteiger charge is 2.34. The average molecular weight is 287 g/mol. The van der Waals surface area contributed by atoms with Crippen molar-refractivity contribution in [1.29, 1.82) is 0 Å². The molecule has 102 valence electrons. The number of rotatable bonds is 3. The molecule has 0 saturated carbocycles. The monoisotopic (exact) mass is 287 g/mol. The molecular formula is C16H14FNOS. The van der Waals surface area contributed by atoms with Crippen molar-refractivity contribution in [3.63, 3.8) is 0 Å². The van der Waals surface area contributed by atoms with Crippen LogP contribution in [0.15, 0.2) is 54.6 Å². The van der Waals surface area contributed by atoms with Crippen molar-refractivity contribution in [2.24, 2.45) is 0 Å². The largest absolute Gasteiger partial charge is 0.321 e. The molecule has 0 spiro atoms. The van der Waals surface area contributed by atoms with E-state index in [9.17, 15) is 9.18 Å². The third-order valence-corrected chi connectivity index (χ3v) is 4.57. The first-order valence-corrected chi connectivity index (χ1v) is 7.50. The van der Waals surface area contributed by atoms with Crippen LogP contribution in [-0.4, -0.2) is 16.6 Å². The van der Waals surface area contributed by atoms with Gasteiger partial charge in [-0.25, -0.2) is 4.39 Å². The molecule has 1 atom stereocenters. The molecule has 0 radical (unpaired) electrons. The van der Waals surface area contributed by atoms with E-state index in [0.717, 1.165) is 5.56 Å². The number of hydrogen-bond acceptors (Lipinski definition) is 2. The second-order valence-corrected chi connectivity index (χ2v) is 5.76. The predicted molar refractivity (Wildman–Crippen MR) is 78.6 cm³/mol. The van der Waals surface area contributed by atoms with Gasteiger partial charge in [-0.15, -0.1) is 11.8 Å². The van der Waals surface area contributed by atoms with Gasteiger partial charge in [-0.05, 0) is 11.6 Å². The molecule has 0 N–H and O–H groups in total. The van der Waals surface area contributed by atoms with Crippen LogP contribution in [0.4, 0.5) is 4.39 Å². The van der Waals surface area contributed by atoms with Gasteiger partial charge in [0.25, 0.3) is 0 Å². The van der Waals surface area contributed by atoms with Crippen LogP contribution in [0.25, 0.3) is 0 Å². The summed E-state index contributed by atoms with van der Waals surface area (Å²) in [5, 5.41) is -0.232. The van der Waals surface area contributed by atoms with Crippen molar-refractivity contribution in [2.75, 3.05) is 5.75 Å². The Hall–Kier alpha value is -1.81. The number of nitrogens with zero attached hydrogens (tertiary/aromatic N) is 1. The number of benzene rings is 2. The molecule has 0 aliphatic carbocycles. The number of thioether (sulfide) groups is 1. The van der Waals surface area contributed by atoms with Gasteiger partial charge in [-0.3, -0.25) is 4.79 Å². The van der Waals surface area contributed by atoms with Crippen LogP contribution in [0.1, 0.15) is 16.5 Å². The molecule has 2 aromatic carbocycles. The summed E-state index contributed by atoms with van der Waals surface area (Å²) >= 11 is 1.48. The van der Waals surface area contributed by atoms with Crippen LogP contribution < -0.4 is 0 Å². The van der Waals surface area contributed by atoms with Crippen molar-refractivity contribution in [2.45, 2.75) is 11.9 Å². The second-order valence-electron chi connectivity index (χ2n) is 4.69. The summed E-state index contributed by atoms with van der Waals surface area (Å²) in [7, 11) is 0. The van der Waals surface area contributed by atoms with Gasteiger partial charge in [0, 0.05) is 12.1 Å². The van der Waals surface area contributed by atoms with Gasteiger partial charge in [0.05, 0.1) is 5.75 Å². The molecule has 4 heteroatoms. The summed E-state index contributed by atoms with van der Waals surface area (Å²) in [6.45, 7) is 0.520. The molecule has 0 unspecified atom stereocenters. The van der Waals surface area contributed by atoms with Gasteiger partial charge in [0.1, 0.15) is 11.2 Å². The molecule has 1 amide bonds. The SMILES string of the molecule is O=C1CS[C@H](c2ccccc2F)N1Cc1ccccc1. The Balaban J connectivity index is 1.88. The van der Waals surface area contributed by atoms with E-state index in [1.165, 1.54) is 17.8 Å². The van der Waals surface area contributed by atoms with Crippen LogP contribution in [-0.2, 0) is 11.3 Å². The molecule has 1 heterocycles. The minimum Gasteiger partial charge on any atom is -0.321 e. The zero-order valence-corrected chi connectivity index (χ0v) is 11.6. The third-order valence-electron chi connectivity index (χ3n) is 3.34. The lowest BCUT2D eigenvalue weighted by molar-refractivity contribution is -0.128. The highest BCUT2D eigenvalue weighted by Crippen LogP contribution is 2.40. The van der Waals surface area contributed by atoms with Crippen molar-refractivity contribution in [3.8, 4) is 0 Å². The molecule has 1 saturated heterocycles. The standard InChI is InChI=1S/C16H14FNOS/c17-14-9-5-4-8-13(14)16-18(15(19)11-20-16)10-12-6-2-1-3-7-12/h1-9,16H,10-11H2/t16-/m1/s1. The van der Waals surface area contributed by atoms with E-state index < -0.39 is 0 Å². The van der Waals surface area contributed by atoms with Crippen molar-refractivity contribution < 1.29 is 9.18 Å². The molecule has 1 aliphatic heterocycles. The number of carbonyl (C=O) groups excluding carboxylic acids is 1. The van der Waals surface area contributed by atoms with E-state index >= 15 is 0 Å². The van der Waals surface area contributed by atoms with E-state index in [1.807, 2.05) is 36.4 Å². The van der Waals surface area contributed by atoms with Crippen LogP contribution in [0.2, 0.25) is 0 Å². The van der Waals surface area contributed by atoms with E-state index in [0.29, 0.717) is 17.9 Å². The zero-order chi connectivity index (χ0) is 13.9. The van der Waals surface area contributed by atoms with Gasteiger partial charge in [-0.2, -0.15) is 0 Å². The van der Waals surface area contributed by atoms with Gasteiger partial charge in [0.15, 0.2) is 0 Å². The lowest BCUT2D eigenvalue weighted by Gasteiger charge is -2.24. The van der Waals surface area contributed by atoms with Gasteiger partial charge < -0.3 is 4.90 Å². The maximum absolute atomic E-state index is 13.9. The minimum absolute atomic E-state index is 0.0621. The van der Waals surface area contributed by atoms with E-state index in [2.05, 4.69) is 0 Å². The fourth-order valence-electron chi connectivity index (χ4n) is 2.34. The van der Waals surface area contributed by atoms with Crippen LogP contribution in [0.5, 0.6) is 0 Å². The molecule has 0 bridgehead atoms. The average Bonchev–Trinajstić information content (AvgIpc) is 2.82. The zero-order valence-electron chi connectivity index (χ0n) is 10.8. The molecule has 2 nitrogen and oxygen atoms in total. The molecule has 1 fully saturated rings. The Kier molecular flexibility index (Phi) is 3.74. The Morgan fingerprint density at radius 2 is 1.80 bits per heavy atom. The fourth-order valence-corrected chi connectivity index (χ4v) is 3.55. The Morgan fingerprint density at radius 1 is 1.10 bits per heavy atom. The van der Waals surface area contributed by atoms with Gasteiger partial charge in [0.2, 0.25) is 5.91 Å². The third kappa shape index (κ3) is 2.56. The highest BCUT2D eigenvalue weighted by molar-refractivity contribution is 8.00. The van der Waals surface area contributed by atoms with Crippen molar-refractivity contribution in [3.05, 3.63) is 71.5 Å². The normalized spacial score (nSPS) is 18.6. The summed E-state index contributed by atoms with van der Waals surface area (Å²) in [5.41, 5.74) is 1.64. The number of hydrogen-bond donors (Lipinski definition) is 0. The Morgan fingerprint density at radius 3 is 2.55 bits per heavy atom. The molecular weight excluding hydrogens is 273 g/mol. The van der Waals surface area contributed by atoms with Crippen molar-refractivity contribution in [1.82, 2.24) is 4.90 Å². The Bertz CT molecular complexity index is 617. The first-order chi connectivity index (χ1) is 9.75. The van der Waals surface area contributed by atoms with Gasteiger partial charge in [-0.1, -0.05) is 48.5 Å². The van der Waals surface area contributed by atoms with Crippen LogP contribution >= 0.6 is 11.8 Å². The highest BCUT2D eigenvalue weighted by atomic mass is 32.2. The maximum Gasteiger partial charge on any atom is 0.234 e. The lowest BCUT2D eigenvalue weighted by Crippen LogP contribution is -2.28. The van der Waals surface area contributed by atoms with E-state index in [-0.39, 0.29) is 17.1 Å². The van der Waals surface area contributed by atoms with E-state index in [4.69, 9.17) is 0 Å². The summed E-state index contributed by atoms with van der Waals surface area (Å²) in [4.78, 5) is 13.8. The molecule has 2 aromatic rings. The second kappa shape index (κ2) is 5.67. The summed E-state index contributed by atoms with van der Waals surface area (Å²) in [6.07, 6.45) is 0. The van der Waals surface area contributed by atoms with Crippen LogP contribution in [0.3, 0.4) is 0 Å². The molecule has 3 rings (SSSR count). The smallest absolute Gasteiger partial charge is 0.234 e. The summed E-state index contributed by atoms with van der Waals surface area (Å²) in [6, 6.07) is 16.5. The maximum atomic E-state index is 13.9. The molecule has 20 heavy (non-hydrogen) atoms. The number of halogens is 1. The number of amides is 1. The minimum atomic E-state index is -0.252. The Labute approximate surface area is 121 Å². The molecule has 0 aromatic heterocycles.